The Morgan fingerprint density at radius 3 is 2.38 bits per heavy atom. The molecule has 0 bridgehead atoms. The first-order valence-corrected chi connectivity index (χ1v) is 10.5. The van der Waals surface area contributed by atoms with Crippen molar-refractivity contribution in [3.05, 3.63) is 39.9 Å². The van der Waals surface area contributed by atoms with Crippen LogP contribution in [0.2, 0.25) is 0 Å². The number of amides is 1. The Kier molecular flexibility index (Phi) is 7.39. The van der Waals surface area contributed by atoms with Crippen molar-refractivity contribution in [1.29, 1.82) is 0 Å². The Hall–Kier alpha value is -1.68. The maximum absolute atomic E-state index is 13.1. The summed E-state index contributed by atoms with van der Waals surface area (Å²) in [5, 5.41) is 0.958. The van der Waals surface area contributed by atoms with Gasteiger partial charge in [-0.2, -0.15) is 0 Å². The summed E-state index contributed by atoms with van der Waals surface area (Å²) in [6, 6.07) is 6.28. The molecule has 0 unspecified atom stereocenters. The molecule has 2 rings (SSSR count). The highest BCUT2D eigenvalue weighted by Gasteiger charge is 2.22. The smallest absolute Gasteiger partial charge is 0.265 e. The van der Waals surface area contributed by atoms with E-state index in [1.807, 2.05) is 11.8 Å². The lowest BCUT2D eigenvalue weighted by Crippen LogP contribution is -2.32. The number of benzene rings is 1. The van der Waals surface area contributed by atoms with Gasteiger partial charge in [-0.1, -0.05) is 39.0 Å². The van der Waals surface area contributed by atoms with Gasteiger partial charge in [0.05, 0.1) is 5.69 Å². The molecular weight excluding hydrogens is 340 g/mol. The normalized spacial score (nSPS) is 11.2. The van der Waals surface area contributed by atoms with Gasteiger partial charge in [0, 0.05) is 18.7 Å². The second-order valence-corrected chi connectivity index (χ2v) is 8.53. The lowest BCUT2D eigenvalue weighted by atomic mass is 10.0. The van der Waals surface area contributed by atoms with Crippen LogP contribution in [-0.4, -0.2) is 28.9 Å². The Morgan fingerprint density at radius 2 is 1.81 bits per heavy atom. The summed E-state index contributed by atoms with van der Waals surface area (Å²) in [4.78, 5) is 20.7. The average Bonchev–Trinajstić information content (AvgIpc) is 2.94. The van der Waals surface area contributed by atoms with Crippen LogP contribution in [0.4, 0.5) is 0 Å². The molecule has 1 aromatic carbocycles. The van der Waals surface area contributed by atoms with Gasteiger partial charge in [0.1, 0.15) is 9.88 Å². The van der Waals surface area contributed by atoms with Crippen LogP contribution in [0.5, 0.6) is 0 Å². The SMILES string of the molecule is CCCN(CCCC(C)C)C(=O)c1sc(-c2c(C)cccc2C)nc1C. The second kappa shape index (κ2) is 9.31. The highest BCUT2D eigenvalue weighted by molar-refractivity contribution is 7.17. The Morgan fingerprint density at radius 1 is 1.15 bits per heavy atom. The molecule has 0 radical (unpaired) electrons. The number of nitrogens with zero attached hydrogens (tertiary/aromatic N) is 2. The number of thiazole rings is 1. The highest BCUT2D eigenvalue weighted by atomic mass is 32.1. The quantitative estimate of drug-likeness (QED) is 0.567. The first-order chi connectivity index (χ1) is 12.3. The third-order valence-electron chi connectivity index (χ3n) is 4.68. The van der Waals surface area contributed by atoms with Gasteiger partial charge in [-0.25, -0.2) is 4.98 Å². The van der Waals surface area contributed by atoms with Gasteiger partial charge in [0.2, 0.25) is 0 Å². The topological polar surface area (TPSA) is 33.2 Å². The maximum atomic E-state index is 13.1. The molecule has 1 aromatic heterocycles. The average molecular weight is 373 g/mol. The molecule has 0 aliphatic heterocycles. The zero-order valence-corrected chi connectivity index (χ0v) is 17.9. The van der Waals surface area contributed by atoms with Crippen molar-refractivity contribution in [2.45, 2.75) is 60.8 Å². The molecule has 0 saturated heterocycles. The van der Waals surface area contributed by atoms with E-state index in [2.05, 4.69) is 52.8 Å². The number of carbonyl (C=O) groups excluding carboxylic acids is 1. The molecule has 0 aliphatic rings. The summed E-state index contributed by atoms with van der Waals surface area (Å²) >= 11 is 1.54. The van der Waals surface area contributed by atoms with Gasteiger partial charge in [0.15, 0.2) is 0 Å². The van der Waals surface area contributed by atoms with Gasteiger partial charge in [0.25, 0.3) is 5.91 Å². The van der Waals surface area contributed by atoms with Gasteiger partial charge in [-0.3, -0.25) is 4.79 Å². The number of carbonyl (C=O) groups is 1. The van der Waals surface area contributed by atoms with E-state index in [4.69, 9.17) is 4.98 Å². The summed E-state index contributed by atoms with van der Waals surface area (Å²) in [7, 11) is 0. The first-order valence-electron chi connectivity index (χ1n) is 9.68. The van der Waals surface area contributed by atoms with Crippen LogP contribution in [0.15, 0.2) is 18.2 Å². The van der Waals surface area contributed by atoms with Gasteiger partial charge in [-0.15, -0.1) is 11.3 Å². The third kappa shape index (κ3) is 4.94. The van der Waals surface area contributed by atoms with Crippen LogP contribution in [-0.2, 0) is 0 Å². The molecule has 1 amide bonds. The number of aromatic nitrogens is 1. The molecule has 0 atom stereocenters. The summed E-state index contributed by atoms with van der Waals surface area (Å²) in [5.74, 6) is 0.817. The lowest BCUT2D eigenvalue weighted by molar-refractivity contribution is 0.0755. The monoisotopic (exact) mass is 372 g/mol. The fourth-order valence-electron chi connectivity index (χ4n) is 3.27. The van der Waals surface area contributed by atoms with Crippen molar-refractivity contribution < 1.29 is 4.79 Å². The van der Waals surface area contributed by atoms with Crippen LogP contribution in [0.25, 0.3) is 10.6 Å². The van der Waals surface area contributed by atoms with E-state index in [0.717, 1.165) is 47.9 Å². The van der Waals surface area contributed by atoms with Crippen molar-refractivity contribution in [3.8, 4) is 10.6 Å². The van der Waals surface area contributed by atoms with Crippen molar-refractivity contribution >= 4 is 17.2 Å². The largest absolute Gasteiger partial charge is 0.338 e. The molecule has 142 valence electrons. The second-order valence-electron chi connectivity index (χ2n) is 7.53. The molecule has 0 fully saturated rings. The molecular formula is C22H32N2OS. The van der Waals surface area contributed by atoms with Crippen LogP contribution < -0.4 is 0 Å². The van der Waals surface area contributed by atoms with Crippen LogP contribution >= 0.6 is 11.3 Å². The fourth-order valence-corrected chi connectivity index (χ4v) is 4.48. The van der Waals surface area contributed by atoms with Crippen LogP contribution in [0, 0.1) is 26.7 Å². The van der Waals surface area contributed by atoms with E-state index in [1.54, 1.807) is 11.3 Å². The molecule has 4 heteroatoms. The number of aryl methyl sites for hydroxylation is 3. The summed E-state index contributed by atoms with van der Waals surface area (Å²) in [5.41, 5.74) is 4.43. The predicted octanol–water partition coefficient (Wildman–Crippen LogP) is 6.02. The van der Waals surface area contributed by atoms with Crippen LogP contribution in [0.1, 0.15) is 66.5 Å². The minimum absolute atomic E-state index is 0.142. The Labute approximate surface area is 162 Å². The molecule has 0 N–H and O–H groups in total. The summed E-state index contributed by atoms with van der Waals surface area (Å²) in [6.45, 7) is 14.4. The fraction of sp³-hybridized carbons (Fsp3) is 0.545. The van der Waals surface area contributed by atoms with E-state index in [1.165, 1.54) is 16.7 Å². The lowest BCUT2D eigenvalue weighted by Gasteiger charge is -2.22. The zero-order chi connectivity index (χ0) is 19.3. The predicted molar refractivity (Wildman–Crippen MR) is 112 cm³/mol. The summed E-state index contributed by atoms with van der Waals surface area (Å²) in [6.07, 6.45) is 3.20. The van der Waals surface area contributed by atoms with E-state index in [0.29, 0.717) is 5.92 Å². The van der Waals surface area contributed by atoms with E-state index in [-0.39, 0.29) is 5.91 Å². The number of hydrogen-bond acceptors (Lipinski definition) is 3. The minimum atomic E-state index is 0.142. The number of hydrogen-bond donors (Lipinski definition) is 0. The standard InChI is InChI=1S/C22H32N2OS/c1-7-13-24(14-9-10-15(2)3)22(25)20-18(6)23-21(26-20)19-16(4)11-8-12-17(19)5/h8,11-12,15H,7,9-10,13-14H2,1-6H3. The van der Waals surface area contributed by atoms with E-state index in [9.17, 15) is 4.79 Å². The Balaban J connectivity index is 2.26. The molecule has 0 aliphatic carbocycles. The van der Waals surface area contributed by atoms with E-state index < -0.39 is 0 Å². The van der Waals surface area contributed by atoms with Gasteiger partial charge >= 0.3 is 0 Å². The van der Waals surface area contributed by atoms with Crippen molar-refractivity contribution in [3.63, 3.8) is 0 Å². The zero-order valence-electron chi connectivity index (χ0n) is 17.1. The molecule has 0 saturated carbocycles. The molecule has 2 aromatic rings. The molecule has 3 nitrogen and oxygen atoms in total. The summed E-state index contributed by atoms with van der Waals surface area (Å²) < 4.78 is 0. The molecule has 1 heterocycles. The van der Waals surface area contributed by atoms with Crippen molar-refractivity contribution in [2.75, 3.05) is 13.1 Å². The van der Waals surface area contributed by atoms with Gasteiger partial charge in [-0.05, 0) is 57.1 Å². The number of rotatable bonds is 8. The highest BCUT2D eigenvalue weighted by Crippen LogP contribution is 2.33. The van der Waals surface area contributed by atoms with Crippen molar-refractivity contribution in [1.82, 2.24) is 9.88 Å². The Bertz CT molecular complexity index is 728. The molecule has 26 heavy (non-hydrogen) atoms. The van der Waals surface area contributed by atoms with Crippen LogP contribution in [0.3, 0.4) is 0 Å². The minimum Gasteiger partial charge on any atom is -0.338 e. The maximum Gasteiger partial charge on any atom is 0.265 e. The first kappa shape index (κ1) is 20.6. The van der Waals surface area contributed by atoms with Gasteiger partial charge < -0.3 is 4.90 Å². The van der Waals surface area contributed by atoms with Crippen molar-refractivity contribution in [2.24, 2.45) is 5.92 Å². The van der Waals surface area contributed by atoms with E-state index >= 15 is 0 Å². The third-order valence-corrected chi connectivity index (χ3v) is 5.84. The molecule has 0 spiro atoms.